The molecule has 6 heteroatoms. The molecule has 2 aromatic carbocycles. The summed E-state index contributed by atoms with van der Waals surface area (Å²) in [7, 11) is 0. The molecule has 1 N–H and O–H groups in total. The van der Waals surface area contributed by atoms with Crippen LogP contribution < -0.4 is 5.32 Å². The molecule has 5 nitrogen and oxygen atoms in total. The zero-order valence-electron chi connectivity index (χ0n) is 16.8. The Morgan fingerprint density at radius 1 is 1.17 bits per heavy atom. The molecule has 0 bridgehead atoms. The van der Waals surface area contributed by atoms with Crippen LogP contribution in [0.3, 0.4) is 0 Å². The number of hydrogen-bond acceptors (Lipinski definition) is 4. The highest BCUT2D eigenvalue weighted by Crippen LogP contribution is 2.24. The molecule has 1 amide bonds. The van der Waals surface area contributed by atoms with E-state index in [4.69, 9.17) is 0 Å². The molecule has 0 saturated heterocycles. The van der Waals surface area contributed by atoms with Crippen LogP contribution in [-0.2, 0) is 17.8 Å². The maximum absolute atomic E-state index is 12.5. The van der Waals surface area contributed by atoms with Gasteiger partial charge in [0.25, 0.3) is 0 Å². The van der Waals surface area contributed by atoms with Crippen LogP contribution in [0, 0.1) is 0 Å². The normalized spacial score (nSPS) is 11.8. The van der Waals surface area contributed by atoms with E-state index in [0.29, 0.717) is 11.7 Å². The third kappa shape index (κ3) is 5.35. The second-order valence-corrected chi connectivity index (χ2v) is 7.69. The van der Waals surface area contributed by atoms with E-state index in [1.807, 2.05) is 47.9 Å². The van der Waals surface area contributed by atoms with Crippen molar-refractivity contribution in [1.29, 1.82) is 0 Å². The van der Waals surface area contributed by atoms with Crippen molar-refractivity contribution < 1.29 is 4.79 Å². The number of carbonyl (C=O) groups excluding carboxylic acids is 1. The van der Waals surface area contributed by atoms with Gasteiger partial charge >= 0.3 is 0 Å². The van der Waals surface area contributed by atoms with Gasteiger partial charge in [-0.25, -0.2) is 0 Å². The first-order valence-corrected chi connectivity index (χ1v) is 10.7. The van der Waals surface area contributed by atoms with E-state index in [1.54, 1.807) is 0 Å². The molecule has 0 fully saturated rings. The Morgan fingerprint density at radius 2 is 1.90 bits per heavy atom. The number of benzene rings is 2. The van der Waals surface area contributed by atoms with Gasteiger partial charge in [0, 0.05) is 12.1 Å². The maximum atomic E-state index is 12.5. The second-order valence-electron chi connectivity index (χ2n) is 6.74. The number of nitrogens with zero attached hydrogens (tertiary/aromatic N) is 3. The van der Waals surface area contributed by atoms with Crippen LogP contribution >= 0.6 is 11.8 Å². The average molecular weight is 407 g/mol. The number of nitrogens with one attached hydrogen (secondary N) is 1. The van der Waals surface area contributed by atoms with Gasteiger partial charge in [0.1, 0.15) is 0 Å². The fraction of sp³-hybridized carbons (Fsp3) is 0.261. The Hall–Kier alpha value is -2.86. The van der Waals surface area contributed by atoms with Crippen molar-refractivity contribution in [1.82, 2.24) is 20.1 Å². The largest absolute Gasteiger partial charge is 0.349 e. The van der Waals surface area contributed by atoms with Gasteiger partial charge in [0.2, 0.25) is 5.91 Å². The number of allylic oxidation sites excluding steroid dienone is 1. The molecule has 0 aliphatic heterocycles. The van der Waals surface area contributed by atoms with Crippen molar-refractivity contribution in [3.8, 4) is 11.4 Å². The van der Waals surface area contributed by atoms with Gasteiger partial charge in [0.15, 0.2) is 11.0 Å². The number of aromatic nitrogens is 3. The molecule has 0 aliphatic carbocycles. The predicted octanol–water partition coefficient (Wildman–Crippen LogP) is 4.66. The molecular formula is C23H26N4OS. The molecule has 29 heavy (non-hydrogen) atoms. The Balaban J connectivity index is 1.63. The summed E-state index contributed by atoms with van der Waals surface area (Å²) in [5.41, 5.74) is 3.38. The molecule has 0 saturated carbocycles. The fourth-order valence-electron chi connectivity index (χ4n) is 3.03. The summed E-state index contributed by atoms with van der Waals surface area (Å²) in [6.07, 6.45) is 2.82. The van der Waals surface area contributed by atoms with E-state index in [0.717, 1.165) is 23.4 Å². The van der Waals surface area contributed by atoms with Crippen molar-refractivity contribution in [2.75, 3.05) is 5.75 Å². The van der Waals surface area contributed by atoms with Gasteiger partial charge in [-0.05, 0) is 24.5 Å². The number of aryl methyl sites for hydroxylation is 1. The summed E-state index contributed by atoms with van der Waals surface area (Å²) in [6, 6.07) is 18.2. The SMILES string of the molecule is C=CCn1c(SCC(=O)N[C@H](C)c2ccc(CC)cc2)nnc1-c1ccccc1. The Morgan fingerprint density at radius 3 is 2.55 bits per heavy atom. The molecule has 0 spiro atoms. The lowest BCUT2D eigenvalue weighted by molar-refractivity contribution is -0.119. The van der Waals surface area contributed by atoms with Crippen molar-refractivity contribution >= 4 is 17.7 Å². The minimum Gasteiger partial charge on any atom is -0.349 e. The van der Waals surface area contributed by atoms with E-state index in [1.165, 1.54) is 17.3 Å². The molecule has 0 radical (unpaired) electrons. The number of amides is 1. The molecule has 3 aromatic rings. The fourth-order valence-corrected chi connectivity index (χ4v) is 3.79. The van der Waals surface area contributed by atoms with Crippen LogP contribution in [0.15, 0.2) is 72.4 Å². The van der Waals surface area contributed by atoms with Gasteiger partial charge in [0.05, 0.1) is 11.8 Å². The van der Waals surface area contributed by atoms with E-state index < -0.39 is 0 Å². The van der Waals surface area contributed by atoms with Crippen molar-refractivity contribution in [2.24, 2.45) is 0 Å². The quantitative estimate of drug-likeness (QED) is 0.415. The Labute approximate surface area is 176 Å². The van der Waals surface area contributed by atoms with E-state index in [-0.39, 0.29) is 17.7 Å². The first kappa shape index (κ1) is 20.9. The predicted molar refractivity (Wildman–Crippen MR) is 119 cm³/mol. The van der Waals surface area contributed by atoms with Gasteiger partial charge in [-0.3, -0.25) is 9.36 Å². The minimum atomic E-state index is -0.0417. The highest BCUT2D eigenvalue weighted by Gasteiger charge is 2.16. The van der Waals surface area contributed by atoms with Crippen molar-refractivity contribution in [2.45, 2.75) is 38.0 Å². The van der Waals surface area contributed by atoms with Crippen molar-refractivity contribution in [3.05, 3.63) is 78.4 Å². The summed E-state index contributed by atoms with van der Waals surface area (Å²) in [4.78, 5) is 12.5. The first-order valence-electron chi connectivity index (χ1n) is 9.73. The van der Waals surface area contributed by atoms with Crippen LogP contribution in [0.4, 0.5) is 0 Å². The van der Waals surface area contributed by atoms with Crippen LogP contribution in [-0.4, -0.2) is 26.4 Å². The molecule has 0 unspecified atom stereocenters. The molecule has 3 rings (SSSR count). The third-order valence-electron chi connectivity index (χ3n) is 4.66. The summed E-state index contributed by atoms with van der Waals surface area (Å²) >= 11 is 1.38. The van der Waals surface area contributed by atoms with E-state index in [2.05, 4.69) is 53.3 Å². The summed E-state index contributed by atoms with van der Waals surface area (Å²) in [5.74, 6) is 1.02. The van der Waals surface area contributed by atoms with Crippen LogP contribution in [0.2, 0.25) is 0 Å². The van der Waals surface area contributed by atoms with Crippen LogP contribution in [0.25, 0.3) is 11.4 Å². The molecule has 1 aromatic heterocycles. The van der Waals surface area contributed by atoms with Gasteiger partial charge < -0.3 is 5.32 Å². The first-order chi connectivity index (χ1) is 14.1. The summed E-state index contributed by atoms with van der Waals surface area (Å²) in [5, 5.41) is 12.4. The summed E-state index contributed by atoms with van der Waals surface area (Å²) in [6.45, 7) is 8.54. The third-order valence-corrected chi connectivity index (χ3v) is 5.63. The van der Waals surface area contributed by atoms with Gasteiger partial charge in [-0.2, -0.15) is 0 Å². The molecule has 1 atom stereocenters. The Bertz CT molecular complexity index is 951. The standard InChI is InChI=1S/C23H26N4OS/c1-4-15-27-22(20-9-7-6-8-10-20)25-26-23(27)29-16-21(28)24-17(3)19-13-11-18(5-2)12-14-19/h4,6-14,17H,1,5,15-16H2,2-3H3,(H,24,28)/t17-/m1/s1. The zero-order valence-corrected chi connectivity index (χ0v) is 17.7. The topological polar surface area (TPSA) is 59.8 Å². The molecule has 150 valence electrons. The smallest absolute Gasteiger partial charge is 0.230 e. The lowest BCUT2D eigenvalue weighted by Crippen LogP contribution is -2.28. The zero-order chi connectivity index (χ0) is 20.6. The van der Waals surface area contributed by atoms with Crippen LogP contribution in [0.1, 0.15) is 31.0 Å². The molecule has 1 heterocycles. The van der Waals surface area contributed by atoms with E-state index in [9.17, 15) is 4.79 Å². The van der Waals surface area contributed by atoms with Gasteiger partial charge in [-0.1, -0.05) is 79.4 Å². The maximum Gasteiger partial charge on any atom is 0.230 e. The Kier molecular flexibility index (Phi) is 7.25. The number of carbonyl (C=O) groups is 1. The molecular weight excluding hydrogens is 380 g/mol. The number of rotatable bonds is 9. The summed E-state index contributed by atoms with van der Waals surface area (Å²) < 4.78 is 1.98. The van der Waals surface area contributed by atoms with Crippen molar-refractivity contribution in [3.63, 3.8) is 0 Å². The average Bonchev–Trinajstić information content (AvgIpc) is 3.16. The number of hydrogen-bond donors (Lipinski definition) is 1. The monoisotopic (exact) mass is 406 g/mol. The highest BCUT2D eigenvalue weighted by atomic mass is 32.2. The van der Waals surface area contributed by atoms with Crippen LogP contribution in [0.5, 0.6) is 0 Å². The lowest BCUT2D eigenvalue weighted by Gasteiger charge is -2.15. The number of thioether (sulfide) groups is 1. The van der Waals surface area contributed by atoms with Gasteiger partial charge in [-0.15, -0.1) is 16.8 Å². The van der Waals surface area contributed by atoms with E-state index >= 15 is 0 Å². The highest BCUT2D eigenvalue weighted by molar-refractivity contribution is 7.99. The second kappa shape index (κ2) is 10.1. The molecule has 0 aliphatic rings. The minimum absolute atomic E-state index is 0.0310. The lowest BCUT2D eigenvalue weighted by atomic mass is 10.1.